The molecular weight excluding hydrogens is 223 g/mol. The number of rotatable bonds is 3. The van der Waals surface area contributed by atoms with Gasteiger partial charge in [0.25, 0.3) is 0 Å². The zero-order chi connectivity index (χ0) is 12.3. The number of aromatic nitrogens is 3. The van der Waals surface area contributed by atoms with Crippen molar-refractivity contribution >= 4 is 0 Å². The Morgan fingerprint density at radius 1 is 1.35 bits per heavy atom. The molecule has 0 saturated heterocycles. The van der Waals surface area contributed by atoms with Crippen LogP contribution in [0.4, 0.5) is 4.39 Å². The first kappa shape index (κ1) is 11.2. The average molecular weight is 232 g/mol. The molecule has 1 aromatic carbocycles. The van der Waals surface area contributed by atoms with Gasteiger partial charge in [-0.3, -0.25) is 0 Å². The minimum absolute atomic E-state index is 0.109. The molecule has 0 aliphatic carbocycles. The zero-order valence-corrected chi connectivity index (χ0v) is 8.84. The summed E-state index contributed by atoms with van der Waals surface area (Å²) in [5.41, 5.74) is 1.29. The van der Waals surface area contributed by atoms with Crippen LogP contribution in [0.2, 0.25) is 0 Å². The average Bonchev–Trinajstić information content (AvgIpc) is 2.74. The van der Waals surface area contributed by atoms with Gasteiger partial charge in [0.05, 0.1) is 13.2 Å². The van der Waals surface area contributed by atoms with Gasteiger partial charge in [-0.1, -0.05) is 5.21 Å². The predicted octanol–water partition coefficient (Wildman–Crippen LogP) is 0.948. The minimum atomic E-state index is -0.353. The van der Waals surface area contributed by atoms with E-state index in [0.717, 1.165) is 0 Å². The van der Waals surface area contributed by atoms with Crippen molar-refractivity contribution in [1.82, 2.24) is 15.0 Å². The second kappa shape index (κ2) is 4.72. The summed E-state index contributed by atoms with van der Waals surface area (Å²) in [5.74, 6) is -0.353. The molecule has 17 heavy (non-hydrogen) atoms. The number of halogens is 1. The van der Waals surface area contributed by atoms with Crippen molar-refractivity contribution in [2.24, 2.45) is 0 Å². The fraction of sp³-hybridized carbons (Fsp3) is 0.182. The lowest BCUT2D eigenvalue weighted by Crippen LogP contribution is -2.06. The monoisotopic (exact) mass is 232 g/mol. The predicted molar refractivity (Wildman–Crippen MR) is 57.2 cm³/mol. The maximum absolute atomic E-state index is 12.8. The van der Waals surface area contributed by atoms with E-state index in [0.29, 0.717) is 11.3 Å². The summed E-state index contributed by atoms with van der Waals surface area (Å²) in [5, 5.41) is 25.3. The third-order valence-corrected chi connectivity index (χ3v) is 2.27. The minimum Gasteiger partial charge on any atom is -0.394 e. The molecule has 1 heterocycles. The van der Waals surface area contributed by atoms with Gasteiger partial charge >= 0.3 is 0 Å². The standard InChI is InChI=1S/C11H9FN4O/c12-9-3-1-8(2-4-9)11-10(7-13)14-15-16(11)5-6-17/h1-4,17H,5-6H2. The molecule has 0 saturated carbocycles. The molecule has 0 unspecified atom stereocenters. The maximum atomic E-state index is 12.8. The number of aliphatic hydroxyl groups is 1. The third kappa shape index (κ3) is 2.14. The SMILES string of the molecule is N#Cc1nnn(CCO)c1-c1ccc(F)cc1. The highest BCUT2D eigenvalue weighted by Crippen LogP contribution is 2.21. The molecule has 0 aliphatic rings. The highest BCUT2D eigenvalue weighted by Gasteiger charge is 2.14. The lowest BCUT2D eigenvalue weighted by molar-refractivity contribution is 0.269. The number of aliphatic hydroxyl groups excluding tert-OH is 1. The fourth-order valence-corrected chi connectivity index (χ4v) is 1.53. The Labute approximate surface area is 96.7 Å². The molecule has 0 amide bonds. The molecule has 0 spiro atoms. The summed E-state index contributed by atoms with van der Waals surface area (Å²) in [7, 11) is 0. The van der Waals surface area contributed by atoms with Crippen LogP contribution in [0.15, 0.2) is 24.3 Å². The topological polar surface area (TPSA) is 74.7 Å². The van der Waals surface area contributed by atoms with Gasteiger partial charge in [0.1, 0.15) is 17.6 Å². The summed E-state index contributed by atoms with van der Waals surface area (Å²) in [6, 6.07) is 7.60. The Morgan fingerprint density at radius 2 is 2.06 bits per heavy atom. The van der Waals surface area contributed by atoms with E-state index >= 15 is 0 Å². The number of nitriles is 1. The number of hydrogen-bond acceptors (Lipinski definition) is 4. The van der Waals surface area contributed by atoms with Crippen LogP contribution in [0.1, 0.15) is 5.69 Å². The first-order valence-electron chi connectivity index (χ1n) is 4.96. The smallest absolute Gasteiger partial charge is 0.190 e. The van der Waals surface area contributed by atoms with E-state index in [1.54, 1.807) is 12.1 Å². The lowest BCUT2D eigenvalue weighted by atomic mass is 10.1. The molecule has 6 heteroatoms. The zero-order valence-electron chi connectivity index (χ0n) is 8.84. The van der Waals surface area contributed by atoms with E-state index in [-0.39, 0.29) is 24.7 Å². The van der Waals surface area contributed by atoms with E-state index < -0.39 is 0 Å². The van der Waals surface area contributed by atoms with Gasteiger partial charge in [0.2, 0.25) is 0 Å². The molecule has 5 nitrogen and oxygen atoms in total. The molecule has 0 aliphatic heterocycles. The maximum Gasteiger partial charge on any atom is 0.190 e. The van der Waals surface area contributed by atoms with Gasteiger partial charge in [0.15, 0.2) is 5.69 Å². The van der Waals surface area contributed by atoms with Gasteiger partial charge < -0.3 is 5.11 Å². The fourth-order valence-electron chi connectivity index (χ4n) is 1.53. The normalized spacial score (nSPS) is 10.2. The van der Waals surface area contributed by atoms with Gasteiger partial charge in [-0.15, -0.1) is 5.10 Å². The third-order valence-electron chi connectivity index (χ3n) is 2.27. The number of nitrogens with zero attached hydrogens (tertiary/aromatic N) is 4. The Bertz CT molecular complexity index is 556. The summed E-state index contributed by atoms with van der Waals surface area (Å²) in [6.45, 7) is 0.129. The van der Waals surface area contributed by atoms with Crippen molar-refractivity contribution < 1.29 is 9.50 Å². The van der Waals surface area contributed by atoms with Crippen molar-refractivity contribution in [1.29, 1.82) is 5.26 Å². The van der Waals surface area contributed by atoms with E-state index in [2.05, 4.69) is 10.3 Å². The molecule has 0 atom stereocenters. The van der Waals surface area contributed by atoms with Crippen molar-refractivity contribution in [3.8, 4) is 17.3 Å². The Morgan fingerprint density at radius 3 is 2.65 bits per heavy atom. The first-order chi connectivity index (χ1) is 8.26. The van der Waals surface area contributed by atoms with Crippen LogP contribution >= 0.6 is 0 Å². The van der Waals surface area contributed by atoms with Gasteiger partial charge in [-0.25, -0.2) is 9.07 Å². The number of benzene rings is 1. The van der Waals surface area contributed by atoms with Gasteiger partial charge in [0, 0.05) is 5.56 Å². The van der Waals surface area contributed by atoms with E-state index in [1.165, 1.54) is 16.8 Å². The molecular formula is C11H9FN4O. The Hall–Kier alpha value is -2.26. The highest BCUT2D eigenvalue weighted by molar-refractivity contribution is 5.64. The molecule has 2 aromatic rings. The van der Waals surface area contributed by atoms with Crippen molar-refractivity contribution in [2.45, 2.75) is 6.54 Å². The molecule has 2 rings (SSSR count). The van der Waals surface area contributed by atoms with Crippen molar-refractivity contribution in [3.63, 3.8) is 0 Å². The Balaban J connectivity index is 2.52. The molecule has 0 radical (unpaired) electrons. The molecule has 86 valence electrons. The lowest BCUT2D eigenvalue weighted by Gasteiger charge is -2.04. The van der Waals surface area contributed by atoms with Crippen LogP contribution in [0.25, 0.3) is 11.3 Å². The summed E-state index contributed by atoms with van der Waals surface area (Å²) >= 11 is 0. The quantitative estimate of drug-likeness (QED) is 0.854. The van der Waals surface area contributed by atoms with Crippen LogP contribution in [-0.4, -0.2) is 26.7 Å². The van der Waals surface area contributed by atoms with E-state index in [9.17, 15) is 4.39 Å². The van der Waals surface area contributed by atoms with Crippen molar-refractivity contribution in [2.75, 3.05) is 6.61 Å². The largest absolute Gasteiger partial charge is 0.394 e. The van der Waals surface area contributed by atoms with E-state index in [1.807, 2.05) is 6.07 Å². The Kier molecular flexibility index (Phi) is 3.12. The molecule has 1 N–H and O–H groups in total. The van der Waals surface area contributed by atoms with Crippen LogP contribution in [0.3, 0.4) is 0 Å². The number of hydrogen-bond donors (Lipinski definition) is 1. The molecule has 1 aromatic heterocycles. The van der Waals surface area contributed by atoms with Gasteiger partial charge in [-0.05, 0) is 24.3 Å². The van der Waals surface area contributed by atoms with Crippen LogP contribution in [0, 0.1) is 17.1 Å². The highest BCUT2D eigenvalue weighted by atomic mass is 19.1. The van der Waals surface area contributed by atoms with Gasteiger partial charge in [-0.2, -0.15) is 5.26 Å². The molecule has 0 fully saturated rings. The van der Waals surface area contributed by atoms with Crippen molar-refractivity contribution in [3.05, 3.63) is 35.8 Å². The summed E-state index contributed by atoms with van der Waals surface area (Å²) in [4.78, 5) is 0. The first-order valence-corrected chi connectivity index (χ1v) is 4.96. The van der Waals surface area contributed by atoms with Crippen LogP contribution in [-0.2, 0) is 6.54 Å². The van der Waals surface area contributed by atoms with Crippen LogP contribution < -0.4 is 0 Å². The second-order valence-electron chi connectivity index (χ2n) is 3.35. The summed E-state index contributed by atoms with van der Waals surface area (Å²) in [6.07, 6.45) is 0. The molecule has 0 bridgehead atoms. The van der Waals surface area contributed by atoms with E-state index in [4.69, 9.17) is 10.4 Å². The van der Waals surface area contributed by atoms with Crippen LogP contribution in [0.5, 0.6) is 0 Å². The second-order valence-corrected chi connectivity index (χ2v) is 3.35. The summed E-state index contributed by atoms with van der Waals surface area (Å²) < 4.78 is 14.2.